The zero-order valence-corrected chi connectivity index (χ0v) is 9.57. The van der Waals surface area contributed by atoms with Crippen molar-refractivity contribution < 1.29 is 23.0 Å². The molecule has 0 bridgehead atoms. The van der Waals surface area contributed by atoms with Crippen molar-refractivity contribution in [1.29, 1.82) is 0 Å². The van der Waals surface area contributed by atoms with Gasteiger partial charge in [-0.3, -0.25) is 0 Å². The van der Waals surface area contributed by atoms with Gasteiger partial charge in [0.25, 0.3) is 0 Å². The Morgan fingerprint density at radius 2 is 2.00 bits per heavy atom. The second kappa shape index (κ2) is 4.92. The number of phenolic OH excluding ortho intramolecular Hbond substituents is 1. The first-order valence-corrected chi connectivity index (χ1v) is 5.70. The van der Waals surface area contributed by atoms with Gasteiger partial charge in [0.1, 0.15) is 17.6 Å². The molecule has 1 aromatic rings. The largest absolute Gasteiger partial charge is 0.508 e. The summed E-state index contributed by atoms with van der Waals surface area (Å²) in [6.45, 7) is 0. The molecule has 1 aromatic carbocycles. The van der Waals surface area contributed by atoms with Crippen molar-refractivity contribution in [3.05, 3.63) is 35.9 Å². The van der Waals surface area contributed by atoms with Crippen LogP contribution in [0.4, 0.5) is 13.2 Å². The van der Waals surface area contributed by atoms with E-state index in [4.69, 9.17) is 4.74 Å². The van der Waals surface area contributed by atoms with Crippen molar-refractivity contribution in [1.82, 2.24) is 0 Å². The van der Waals surface area contributed by atoms with Gasteiger partial charge in [-0.25, -0.2) is 0 Å². The van der Waals surface area contributed by atoms with Gasteiger partial charge in [-0.15, -0.1) is 0 Å². The van der Waals surface area contributed by atoms with Crippen LogP contribution >= 0.6 is 0 Å². The number of alkyl halides is 3. The Labute approximate surface area is 103 Å². The summed E-state index contributed by atoms with van der Waals surface area (Å²) in [5, 5.41) is 9.29. The zero-order valence-electron chi connectivity index (χ0n) is 9.57. The minimum atomic E-state index is -4.49. The molecule has 1 aliphatic carbocycles. The molecule has 2 rings (SSSR count). The van der Waals surface area contributed by atoms with Gasteiger partial charge in [-0.2, -0.15) is 13.2 Å². The van der Waals surface area contributed by atoms with E-state index in [9.17, 15) is 18.3 Å². The Morgan fingerprint density at radius 1 is 1.22 bits per heavy atom. The first kappa shape index (κ1) is 12.8. The molecule has 0 aliphatic heterocycles. The molecule has 1 aliphatic rings. The van der Waals surface area contributed by atoms with Gasteiger partial charge in [0.2, 0.25) is 0 Å². The number of halogens is 3. The van der Waals surface area contributed by atoms with Crippen LogP contribution in [0.5, 0.6) is 11.5 Å². The van der Waals surface area contributed by atoms with Gasteiger partial charge >= 0.3 is 6.18 Å². The fourth-order valence-corrected chi connectivity index (χ4v) is 1.87. The topological polar surface area (TPSA) is 29.5 Å². The van der Waals surface area contributed by atoms with E-state index < -0.39 is 17.5 Å². The molecule has 0 radical (unpaired) electrons. The van der Waals surface area contributed by atoms with Gasteiger partial charge in [0.05, 0.1) is 5.56 Å². The molecule has 1 atom stereocenters. The predicted octanol–water partition coefficient (Wildman–Crippen LogP) is 3.90. The molecule has 0 aromatic heterocycles. The third kappa shape index (κ3) is 3.18. The Kier molecular flexibility index (Phi) is 3.50. The fourth-order valence-electron chi connectivity index (χ4n) is 1.87. The van der Waals surface area contributed by atoms with Crippen LogP contribution in [-0.2, 0) is 6.18 Å². The zero-order chi connectivity index (χ0) is 13.2. The minimum Gasteiger partial charge on any atom is -0.508 e. The number of rotatable bonds is 2. The van der Waals surface area contributed by atoms with Crippen LogP contribution < -0.4 is 4.74 Å². The van der Waals surface area contributed by atoms with Crippen LogP contribution in [0.3, 0.4) is 0 Å². The average Bonchev–Trinajstić information content (AvgIpc) is 2.28. The molecule has 18 heavy (non-hydrogen) atoms. The molecule has 0 spiro atoms. The van der Waals surface area contributed by atoms with Gasteiger partial charge in [-0.1, -0.05) is 6.08 Å². The first-order chi connectivity index (χ1) is 8.45. The maximum absolute atomic E-state index is 12.5. The smallest absolute Gasteiger partial charge is 0.416 e. The van der Waals surface area contributed by atoms with Crippen molar-refractivity contribution in [2.75, 3.05) is 0 Å². The first-order valence-electron chi connectivity index (χ1n) is 5.70. The van der Waals surface area contributed by atoms with Crippen molar-refractivity contribution in [3.63, 3.8) is 0 Å². The Morgan fingerprint density at radius 3 is 2.61 bits per heavy atom. The molecule has 1 unspecified atom stereocenters. The lowest BCUT2D eigenvalue weighted by molar-refractivity contribution is -0.137. The summed E-state index contributed by atoms with van der Waals surface area (Å²) in [6, 6.07) is 2.78. The Balaban J connectivity index is 2.20. The molecular formula is C13H13F3O2. The molecule has 0 saturated heterocycles. The molecule has 0 fully saturated rings. The van der Waals surface area contributed by atoms with E-state index in [2.05, 4.69) is 0 Å². The normalized spacial score (nSPS) is 19.8. The van der Waals surface area contributed by atoms with Crippen LogP contribution in [-0.4, -0.2) is 11.2 Å². The summed E-state index contributed by atoms with van der Waals surface area (Å²) in [7, 11) is 0. The van der Waals surface area contributed by atoms with Crippen LogP contribution in [0, 0.1) is 0 Å². The highest BCUT2D eigenvalue weighted by Crippen LogP contribution is 2.35. The van der Waals surface area contributed by atoms with E-state index >= 15 is 0 Å². The summed E-state index contributed by atoms with van der Waals surface area (Å²) in [5.74, 6) is -0.404. The van der Waals surface area contributed by atoms with Crippen LogP contribution in [0.1, 0.15) is 24.8 Å². The Hall–Kier alpha value is -1.65. The van der Waals surface area contributed by atoms with Crippen molar-refractivity contribution in [2.24, 2.45) is 0 Å². The van der Waals surface area contributed by atoms with E-state index in [0.717, 1.165) is 25.3 Å². The standard InChI is InChI=1S/C13H13F3O2/c14-13(15,16)9-6-10(17)8-12(7-9)18-11-4-2-1-3-5-11/h2,4,6-8,11,17H,1,3,5H2. The number of aromatic hydroxyl groups is 1. The van der Waals surface area contributed by atoms with Gasteiger partial charge in [0.15, 0.2) is 0 Å². The van der Waals surface area contributed by atoms with Gasteiger partial charge < -0.3 is 9.84 Å². The third-order valence-electron chi connectivity index (χ3n) is 2.72. The highest BCUT2D eigenvalue weighted by atomic mass is 19.4. The predicted molar refractivity (Wildman–Crippen MR) is 60.5 cm³/mol. The number of ether oxygens (including phenoxy) is 1. The van der Waals surface area contributed by atoms with Crippen molar-refractivity contribution >= 4 is 0 Å². The van der Waals surface area contributed by atoms with Crippen LogP contribution in [0.25, 0.3) is 0 Å². The minimum absolute atomic E-state index is 0.0406. The number of allylic oxidation sites excluding steroid dienone is 1. The fraction of sp³-hybridized carbons (Fsp3) is 0.385. The summed E-state index contributed by atoms with van der Waals surface area (Å²) in [6.07, 6.45) is 1.76. The maximum atomic E-state index is 12.5. The summed E-state index contributed by atoms with van der Waals surface area (Å²) < 4.78 is 43.1. The van der Waals surface area contributed by atoms with E-state index in [1.54, 1.807) is 0 Å². The second-order valence-corrected chi connectivity index (χ2v) is 4.23. The van der Waals surface area contributed by atoms with Crippen LogP contribution in [0.15, 0.2) is 30.4 Å². The Bertz CT molecular complexity index is 452. The van der Waals surface area contributed by atoms with Gasteiger partial charge in [0, 0.05) is 6.07 Å². The number of hydrogen-bond donors (Lipinski definition) is 1. The van der Waals surface area contributed by atoms with Crippen LogP contribution in [0.2, 0.25) is 0 Å². The second-order valence-electron chi connectivity index (χ2n) is 4.23. The molecule has 0 amide bonds. The van der Waals surface area contributed by atoms with E-state index in [1.165, 1.54) is 6.07 Å². The number of benzene rings is 1. The van der Waals surface area contributed by atoms with E-state index in [-0.39, 0.29) is 11.9 Å². The summed E-state index contributed by atoms with van der Waals surface area (Å²) >= 11 is 0. The van der Waals surface area contributed by atoms with Crippen molar-refractivity contribution in [3.8, 4) is 11.5 Å². The molecule has 5 heteroatoms. The third-order valence-corrected chi connectivity index (χ3v) is 2.72. The number of phenols is 1. The van der Waals surface area contributed by atoms with Gasteiger partial charge in [-0.05, 0) is 37.5 Å². The summed E-state index contributed by atoms with van der Waals surface area (Å²) in [5.41, 5.74) is -0.905. The maximum Gasteiger partial charge on any atom is 0.416 e. The van der Waals surface area contributed by atoms with Crippen molar-refractivity contribution in [2.45, 2.75) is 31.5 Å². The quantitative estimate of drug-likeness (QED) is 0.815. The highest BCUT2D eigenvalue weighted by Gasteiger charge is 2.31. The molecule has 0 heterocycles. The molecule has 2 nitrogen and oxygen atoms in total. The molecule has 0 saturated carbocycles. The SMILES string of the molecule is Oc1cc(OC2C=CCCC2)cc(C(F)(F)F)c1. The van der Waals surface area contributed by atoms with E-state index in [0.29, 0.717) is 6.07 Å². The highest BCUT2D eigenvalue weighted by molar-refractivity contribution is 5.39. The summed E-state index contributed by atoms with van der Waals surface area (Å²) in [4.78, 5) is 0. The average molecular weight is 258 g/mol. The lowest BCUT2D eigenvalue weighted by Gasteiger charge is -2.19. The lowest BCUT2D eigenvalue weighted by Crippen LogP contribution is -2.16. The van der Waals surface area contributed by atoms with E-state index in [1.807, 2.05) is 12.2 Å². The molecule has 1 N–H and O–H groups in total. The lowest BCUT2D eigenvalue weighted by atomic mass is 10.1. The molecular weight excluding hydrogens is 245 g/mol. The monoisotopic (exact) mass is 258 g/mol. The number of hydrogen-bond acceptors (Lipinski definition) is 2. The molecule has 98 valence electrons.